The summed E-state index contributed by atoms with van der Waals surface area (Å²) in [6.07, 6.45) is 79.1. The van der Waals surface area contributed by atoms with E-state index in [0.29, 0.717) is 0 Å². The standard InChI is InChI=1S/2C42H72O3S.Ba/c2*1-3-5-7-9-11-13-15-17-19-21-23-25-27-29-31-38-33-34-40-37-41(46(43,44)45)36-39(42(40)35-38)32-30-28-26-24-22-20-18-16-14-12-10-8-6-4-2;/h2*33-37H,3-32H2,1-2H3,(H,43,44,45);/q;;+2/p-2. The molecule has 9 heteroatoms. The SMILES string of the molecule is CCCCCCCCCCCCCCCCc1ccc2cc(S(=O)(=O)[O-])cc(CCCCCCCCCCCCCCCC)c2c1.CCCCCCCCCCCCCCCCc1ccc2cc(S(=O)(=O)[O-])cc(CCCCCCCCCCCCCCCC)c2c1.[Ba+2]. The van der Waals surface area contributed by atoms with Crippen LogP contribution in [0, 0.1) is 0 Å². The number of fused-ring (bicyclic) bond motifs is 2. The largest absolute Gasteiger partial charge is 2.00 e. The van der Waals surface area contributed by atoms with Crippen LogP contribution in [0.1, 0.15) is 410 Å². The van der Waals surface area contributed by atoms with Crippen LogP contribution in [0.15, 0.2) is 70.5 Å². The molecule has 528 valence electrons. The zero-order chi connectivity index (χ0) is 66.3. The minimum atomic E-state index is -4.47. The second kappa shape index (κ2) is 59.6. The Kier molecular flexibility index (Phi) is 56.4. The molecule has 4 rings (SSSR count). The molecular weight excluding hydrogens is 1310 g/mol. The predicted molar refractivity (Wildman–Crippen MR) is 406 cm³/mol. The van der Waals surface area contributed by atoms with Crippen LogP contribution in [0.4, 0.5) is 0 Å². The van der Waals surface area contributed by atoms with E-state index in [2.05, 4.69) is 52.0 Å². The van der Waals surface area contributed by atoms with Crippen molar-refractivity contribution >= 4 is 90.7 Å². The van der Waals surface area contributed by atoms with Crippen molar-refractivity contribution in [3.8, 4) is 0 Å². The molecule has 0 unspecified atom stereocenters. The van der Waals surface area contributed by atoms with Crippen molar-refractivity contribution in [2.75, 3.05) is 0 Å². The summed E-state index contributed by atoms with van der Waals surface area (Å²) >= 11 is 0. The van der Waals surface area contributed by atoms with Crippen LogP contribution in [0.3, 0.4) is 0 Å². The smallest absolute Gasteiger partial charge is 0.744 e. The third-order valence-corrected chi connectivity index (χ3v) is 21.6. The number of hydrogen-bond donors (Lipinski definition) is 0. The van der Waals surface area contributed by atoms with Crippen molar-refractivity contribution < 1.29 is 25.9 Å². The second-order valence-corrected chi connectivity index (χ2v) is 31.3. The third-order valence-electron chi connectivity index (χ3n) is 20.0. The fourth-order valence-corrected chi connectivity index (χ4v) is 15.1. The maximum atomic E-state index is 11.9. The van der Waals surface area contributed by atoms with Gasteiger partial charge >= 0.3 is 48.9 Å². The topological polar surface area (TPSA) is 114 Å². The second-order valence-electron chi connectivity index (χ2n) is 28.6. The summed E-state index contributed by atoms with van der Waals surface area (Å²) < 4.78 is 71.4. The van der Waals surface area contributed by atoms with Crippen molar-refractivity contribution in [2.45, 2.75) is 423 Å². The van der Waals surface area contributed by atoms with Crippen molar-refractivity contribution in [2.24, 2.45) is 0 Å². The molecule has 0 aliphatic rings. The molecule has 93 heavy (non-hydrogen) atoms. The van der Waals surface area contributed by atoms with Crippen molar-refractivity contribution in [3.05, 3.63) is 82.9 Å². The molecule has 0 spiro atoms. The van der Waals surface area contributed by atoms with E-state index < -0.39 is 20.2 Å². The van der Waals surface area contributed by atoms with Crippen LogP contribution in [0.2, 0.25) is 0 Å². The zero-order valence-corrected chi connectivity index (χ0v) is 67.2. The summed E-state index contributed by atoms with van der Waals surface area (Å²) in [5, 5.41) is 4.01. The summed E-state index contributed by atoms with van der Waals surface area (Å²) in [7, 11) is -8.94. The van der Waals surface area contributed by atoms with E-state index in [1.807, 2.05) is 12.1 Å². The van der Waals surface area contributed by atoms with Gasteiger partial charge in [0, 0.05) is 0 Å². The van der Waals surface area contributed by atoms with Gasteiger partial charge in [0.25, 0.3) is 0 Å². The summed E-state index contributed by atoms with van der Waals surface area (Å²) in [5.41, 5.74) is 4.69. The van der Waals surface area contributed by atoms with Crippen LogP contribution in [-0.2, 0) is 45.9 Å². The van der Waals surface area contributed by atoms with E-state index in [1.54, 1.807) is 24.3 Å². The van der Waals surface area contributed by atoms with Gasteiger partial charge < -0.3 is 9.11 Å². The molecule has 0 aliphatic carbocycles. The third kappa shape index (κ3) is 46.0. The van der Waals surface area contributed by atoms with E-state index in [1.165, 1.54) is 345 Å². The first-order valence-corrected chi connectivity index (χ1v) is 42.8. The number of benzene rings is 4. The molecule has 0 aliphatic heterocycles. The molecule has 0 heterocycles. The summed E-state index contributed by atoms with van der Waals surface area (Å²) in [6, 6.07) is 19.3. The molecule has 6 nitrogen and oxygen atoms in total. The fraction of sp³-hybridized carbons (Fsp3) is 0.762. The maximum absolute atomic E-state index is 11.9. The average Bonchev–Trinajstić information content (AvgIpc) is 0.825. The van der Waals surface area contributed by atoms with E-state index in [9.17, 15) is 25.9 Å². The van der Waals surface area contributed by atoms with Gasteiger partial charge in [-0.25, -0.2) is 16.8 Å². The van der Waals surface area contributed by atoms with E-state index in [-0.39, 0.29) is 58.7 Å². The molecule has 0 saturated carbocycles. The van der Waals surface area contributed by atoms with Gasteiger partial charge in [-0.3, -0.25) is 0 Å². The quantitative estimate of drug-likeness (QED) is 0.0247. The molecule has 0 amide bonds. The molecule has 0 radical (unpaired) electrons. The molecule has 0 aromatic heterocycles. The molecule has 0 atom stereocenters. The Morgan fingerprint density at radius 1 is 0.237 bits per heavy atom. The fourth-order valence-electron chi connectivity index (χ4n) is 14.0. The number of unbranched alkanes of at least 4 members (excludes halogenated alkanes) is 52. The van der Waals surface area contributed by atoms with Crippen molar-refractivity contribution in [1.82, 2.24) is 0 Å². The van der Waals surface area contributed by atoms with Gasteiger partial charge in [-0.15, -0.1) is 0 Å². The predicted octanol–water partition coefficient (Wildman–Crippen LogP) is 27.2. The number of rotatable bonds is 62. The van der Waals surface area contributed by atoms with Gasteiger partial charge in [0.05, 0.1) is 9.79 Å². The van der Waals surface area contributed by atoms with Gasteiger partial charge in [0.15, 0.2) is 0 Å². The van der Waals surface area contributed by atoms with Crippen LogP contribution >= 0.6 is 0 Å². The summed E-state index contributed by atoms with van der Waals surface area (Å²) in [6.45, 7) is 9.12. The average molecular weight is 1450 g/mol. The van der Waals surface area contributed by atoms with E-state index >= 15 is 0 Å². The Hall–Kier alpha value is -1.21. The van der Waals surface area contributed by atoms with Crippen molar-refractivity contribution in [3.63, 3.8) is 0 Å². The first-order valence-electron chi connectivity index (χ1n) is 39.9. The van der Waals surface area contributed by atoms with Gasteiger partial charge in [-0.2, -0.15) is 0 Å². The Morgan fingerprint density at radius 2 is 0.419 bits per heavy atom. The van der Waals surface area contributed by atoms with Crippen molar-refractivity contribution in [1.29, 1.82) is 0 Å². The van der Waals surface area contributed by atoms with Crippen LogP contribution < -0.4 is 0 Å². The van der Waals surface area contributed by atoms with Crippen LogP contribution in [-0.4, -0.2) is 74.8 Å². The molecule has 0 saturated heterocycles. The first-order chi connectivity index (χ1) is 44.9. The summed E-state index contributed by atoms with van der Waals surface area (Å²) in [4.78, 5) is -0.167. The Balaban J connectivity index is 0.000000627. The Morgan fingerprint density at radius 3 is 0.613 bits per heavy atom. The Bertz CT molecular complexity index is 2430. The van der Waals surface area contributed by atoms with Gasteiger partial charge in [-0.1, -0.05) is 398 Å². The van der Waals surface area contributed by atoms with E-state index in [0.717, 1.165) is 84.0 Å². The number of aryl methyl sites for hydroxylation is 4. The van der Waals surface area contributed by atoms with Gasteiger partial charge in [0.1, 0.15) is 20.2 Å². The monoisotopic (exact) mass is 1450 g/mol. The van der Waals surface area contributed by atoms with E-state index in [4.69, 9.17) is 0 Å². The first kappa shape index (κ1) is 87.9. The van der Waals surface area contributed by atoms with Crippen LogP contribution in [0.5, 0.6) is 0 Å². The molecule has 4 aromatic carbocycles. The van der Waals surface area contributed by atoms with Gasteiger partial charge in [0.2, 0.25) is 0 Å². The minimum absolute atomic E-state index is 0. The molecule has 4 aromatic rings. The Labute approximate surface area is 616 Å². The van der Waals surface area contributed by atoms with Gasteiger partial charge in [-0.05, 0) is 119 Å². The molecule has 0 fully saturated rings. The molecular formula is C84H142BaO6S2. The normalized spacial score (nSPS) is 11.8. The maximum Gasteiger partial charge on any atom is 2.00 e. The minimum Gasteiger partial charge on any atom is -0.744 e. The molecule has 0 N–H and O–H groups in total. The summed E-state index contributed by atoms with van der Waals surface area (Å²) in [5.74, 6) is 0. The van der Waals surface area contributed by atoms with Crippen LogP contribution in [0.25, 0.3) is 21.5 Å². The molecule has 0 bridgehead atoms. The number of hydrogen-bond acceptors (Lipinski definition) is 6. The zero-order valence-electron chi connectivity index (χ0n) is 61.2.